The molecule has 0 saturated heterocycles. The summed E-state index contributed by atoms with van der Waals surface area (Å²) in [6, 6.07) is 0. The molecule has 0 radical (unpaired) electrons. The van der Waals surface area contributed by atoms with Gasteiger partial charge in [-0.25, -0.2) is 4.79 Å². The summed E-state index contributed by atoms with van der Waals surface area (Å²) in [5.41, 5.74) is 5.30. The molecule has 0 amide bonds. The predicted molar refractivity (Wildman–Crippen MR) is 82.2 cm³/mol. The zero-order valence-corrected chi connectivity index (χ0v) is 12.7. The van der Waals surface area contributed by atoms with E-state index >= 15 is 0 Å². The molecule has 7 heteroatoms. The molecule has 7 nitrogen and oxygen atoms in total. The van der Waals surface area contributed by atoms with Gasteiger partial charge in [0.1, 0.15) is 11.5 Å². The van der Waals surface area contributed by atoms with Crippen LogP contribution in [0.1, 0.15) is 20.8 Å². The van der Waals surface area contributed by atoms with Gasteiger partial charge in [-0.2, -0.15) is 0 Å². The Bertz CT molecular complexity index is 547. The summed E-state index contributed by atoms with van der Waals surface area (Å²) in [6.07, 6.45) is 0. The van der Waals surface area contributed by atoms with Gasteiger partial charge < -0.3 is 16.0 Å². The average Bonchev–Trinajstić information content (AvgIpc) is 2.37. The minimum Gasteiger partial charge on any atom is -0.383 e. The summed E-state index contributed by atoms with van der Waals surface area (Å²) in [5, 5.41) is 3.02. The molecule has 1 aromatic heterocycles. The van der Waals surface area contributed by atoms with Crippen LogP contribution in [0.25, 0.3) is 0 Å². The molecule has 1 heterocycles. The molecule has 1 aromatic rings. The van der Waals surface area contributed by atoms with Crippen LogP contribution in [0.5, 0.6) is 0 Å². The number of nitrogens with zero attached hydrogens (tertiary/aromatic N) is 2. The molecule has 0 atom stereocenters. The highest BCUT2D eigenvalue weighted by molar-refractivity contribution is 5.60. The molecule has 0 saturated carbocycles. The summed E-state index contributed by atoms with van der Waals surface area (Å²) in [4.78, 5) is 28.0. The lowest BCUT2D eigenvalue weighted by atomic mass is 10.2. The third-order valence-electron chi connectivity index (χ3n) is 3.12. The van der Waals surface area contributed by atoms with Gasteiger partial charge >= 0.3 is 5.69 Å². The van der Waals surface area contributed by atoms with Gasteiger partial charge in [0.2, 0.25) is 0 Å². The summed E-state index contributed by atoms with van der Waals surface area (Å²) in [7, 11) is 1.99. The van der Waals surface area contributed by atoms with E-state index in [9.17, 15) is 9.59 Å². The van der Waals surface area contributed by atoms with Crippen molar-refractivity contribution in [3.05, 3.63) is 20.8 Å². The van der Waals surface area contributed by atoms with E-state index in [4.69, 9.17) is 5.73 Å². The van der Waals surface area contributed by atoms with Gasteiger partial charge in [-0.3, -0.25) is 14.3 Å². The van der Waals surface area contributed by atoms with Crippen LogP contribution in [0, 0.1) is 5.92 Å². The third-order valence-corrected chi connectivity index (χ3v) is 3.12. The molecule has 0 aliphatic carbocycles. The molecule has 0 aromatic carbocycles. The van der Waals surface area contributed by atoms with E-state index in [0.717, 1.165) is 13.1 Å². The van der Waals surface area contributed by atoms with Crippen molar-refractivity contribution in [2.45, 2.75) is 27.3 Å². The largest absolute Gasteiger partial charge is 0.383 e. The highest BCUT2D eigenvalue weighted by Gasteiger charge is 2.12. The first-order valence-corrected chi connectivity index (χ1v) is 6.91. The van der Waals surface area contributed by atoms with Crippen LogP contribution in [-0.4, -0.2) is 41.1 Å². The van der Waals surface area contributed by atoms with E-state index in [-0.39, 0.29) is 17.4 Å². The maximum absolute atomic E-state index is 11.8. The number of H-pyrrole nitrogens is 1. The van der Waals surface area contributed by atoms with Crippen LogP contribution in [0.3, 0.4) is 0 Å². The summed E-state index contributed by atoms with van der Waals surface area (Å²) in [6.45, 7) is 8.83. The number of rotatable bonds is 7. The molecule has 0 aliphatic heterocycles. The van der Waals surface area contributed by atoms with Gasteiger partial charge in [0.05, 0.1) is 0 Å². The molecule has 0 spiro atoms. The van der Waals surface area contributed by atoms with Crippen LogP contribution in [-0.2, 0) is 6.54 Å². The van der Waals surface area contributed by atoms with Crippen molar-refractivity contribution in [2.24, 2.45) is 5.92 Å². The van der Waals surface area contributed by atoms with Gasteiger partial charge in [-0.05, 0) is 19.5 Å². The minimum absolute atomic E-state index is 0.201. The molecule has 20 heavy (non-hydrogen) atoms. The van der Waals surface area contributed by atoms with E-state index in [1.54, 1.807) is 0 Å². The van der Waals surface area contributed by atoms with Crippen molar-refractivity contribution in [2.75, 3.05) is 37.7 Å². The molecule has 1 rings (SSSR count). The standard InChI is InChI=1S/C13H25N5O2/c1-5-17(4)7-6-15-10-11(14)18(8-9(2)3)13(20)16-12(10)19/h9,15H,5-8,14H2,1-4H3,(H,16,19,20). The Balaban J connectivity index is 2.96. The Morgan fingerprint density at radius 3 is 2.60 bits per heavy atom. The maximum Gasteiger partial charge on any atom is 0.330 e. The molecule has 0 fully saturated rings. The SMILES string of the molecule is CCN(C)CCNc1c(N)n(CC(C)C)c(=O)[nH]c1=O. The molecule has 0 aliphatic rings. The second kappa shape index (κ2) is 7.14. The smallest absolute Gasteiger partial charge is 0.330 e. The lowest BCUT2D eigenvalue weighted by molar-refractivity contribution is 0.367. The Morgan fingerprint density at radius 1 is 1.40 bits per heavy atom. The number of nitrogens with one attached hydrogen (secondary N) is 2. The van der Waals surface area contributed by atoms with Crippen molar-refractivity contribution in [3.63, 3.8) is 0 Å². The number of nitrogens with two attached hydrogens (primary N) is 1. The minimum atomic E-state index is -0.466. The van der Waals surface area contributed by atoms with Crippen molar-refractivity contribution in [1.29, 1.82) is 0 Å². The normalized spacial score (nSPS) is 11.3. The van der Waals surface area contributed by atoms with Crippen molar-refractivity contribution in [3.8, 4) is 0 Å². The van der Waals surface area contributed by atoms with E-state index in [0.29, 0.717) is 13.1 Å². The third kappa shape index (κ3) is 4.12. The van der Waals surface area contributed by atoms with Crippen LogP contribution in [0.4, 0.5) is 11.5 Å². The number of hydrogen-bond acceptors (Lipinski definition) is 5. The predicted octanol–water partition coefficient (Wildman–Crippen LogP) is 0.138. The first-order valence-electron chi connectivity index (χ1n) is 6.91. The number of likely N-dealkylation sites (N-methyl/N-ethyl adjacent to an activating group) is 1. The average molecular weight is 283 g/mol. The second-order valence-corrected chi connectivity index (χ2v) is 5.35. The van der Waals surface area contributed by atoms with Crippen LogP contribution >= 0.6 is 0 Å². The number of nitrogen functional groups attached to an aromatic ring is 1. The quantitative estimate of drug-likeness (QED) is 0.661. The molecular weight excluding hydrogens is 258 g/mol. The van der Waals surface area contributed by atoms with Crippen molar-refractivity contribution in [1.82, 2.24) is 14.5 Å². The first-order chi connectivity index (χ1) is 9.36. The van der Waals surface area contributed by atoms with Gasteiger partial charge in [0.25, 0.3) is 5.56 Å². The lowest BCUT2D eigenvalue weighted by Gasteiger charge is -2.17. The fourth-order valence-electron chi connectivity index (χ4n) is 1.83. The Hall–Kier alpha value is -1.76. The Kier molecular flexibility index (Phi) is 5.82. The monoisotopic (exact) mass is 283 g/mol. The Labute approximate surface area is 118 Å². The molecule has 0 unspecified atom stereocenters. The number of aromatic amines is 1. The number of anilines is 2. The lowest BCUT2D eigenvalue weighted by Crippen LogP contribution is -2.36. The van der Waals surface area contributed by atoms with Crippen LogP contribution in [0.2, 0.25) is 0 Å². The fourth-order valence-corrected chi connectivity index (χ4v) is 1.83. The van der Waals surface area contributed by atoms with E-state index < -0.39 is 11.2 Å². The number of aromatic nitrogens is 2. The van der Waals surface area contributed by atoms with E-state index in [1.807, 2.05) is 20.9 Å². The summed E-state index contributed by atoms with van der Waals surface area (Å²) >= 11 is 0. The first kappa shape index (κ1) is 16.3. The van der Waals surface area contributed by atoms with E-state index in [2.05, 4.69) is 22.1 Å². The highest BCUT2D eigenvalue weighted by atomic mass is 16.2. The van der Waals surface area contributed by atoms with Gasteiger partial charge in [-0.15, -0.1) is 0 Å². The Morgan fingerprint density at radius 2 is 2.05 bits per heavy atom. The van der Waals surface area contributed by atoms with Crippen LogP contribution < -0.4 is 22.3 Å². The second-order valence-electron chi connectivity index (χ2n) is 5.35. The van der Waals surface area contributed by atoms with Gasteiger partial charge in [-0.1, -0.05) is 20.8 Å². The molecule has 4 N–H and O–H groups in total. The zero-order chi connectivity index (χ0) is 15.3. The zero-order valence-electron chi connectivity index (χ0n) is 12.7. The number of hydrogen-bond donors (Lipinski definition) is 3. The van der Waals surface area contributed by atoms with Gasteiger partial charge in [0.15, 0.2) is 0 Å². The topological polar surface area (TPSA) is 96.2 Å². The van der Waals surface area contributed by atoms with E-state index in [1.165, 1.54) is 4.57 Å². The molecule has 114 valence electrons. The summed E-state index contributed by atoms with van der Waals surface area (Å²) < 4.78 is 1.40. The molecule has 0 bridgehead atoms. The summed E-state index contributed by atoms with van der Waals surface area (Å²) in [5.74, 6) is 0.464. The molecular formula is C13H25N5O2. The van der Waals surface area contributed by atoms with Gasteiger partial charge in [0, 0.05) is 19.6 Å². The highest BCUT2D eigenvalue weighted by Crippen LogP contribution is 2.11. The van der Waals surface area contributed by atoms with Crippen molar-refractivity contribution >= 4 is 11.5 Å². The van der Waals surface area contributed by atoms with Crippen LogP contribution in [0.15, 0.2) is 9.59 Å². The maximum atomic E-state index is 11.8. The fraction of sp³-hybridized carbons (Fsp3) is 0.692. The van der Waals surface area contributed by atoms with Crippen molar-refractivity contribution < 1.29 is 0 Å².